The summed E-state index contributed by atoms with van der Waals surface area (Å²) in [6.45, 7) is 3.47. The summed E-state index contributed by atoms with van der Waals surface area (Å²) in [7, 11) is 2.14. The second-order valence-electron chi connectivity index (χ2n) is 10.6. The van der Waals surface area contributed by atoms with E-state index in [-0.39, 0.29) is 34.5 Å². The van der Waals surface area contributed by atoms with Gasteiger partial charge in [-0.25, -0.2) is 18.7 Å². The molecule has 2 aromatic carbocycles. The lowest BCUT2D eigenvalue weighted by Gasteiger charge is -2.30. The summed E-state index contributed by atoms with van der Waals surface area (Å²) >= 11 is 0. The van der Waals surface area contributed by atoms with E-state index in [9.17, 15) is 13.6 Å². The lowest BCUT2D eigenvalue weighted by molar-refractivity contribution is 0.0904. The molecule has 1 amide bonds. The zero-order valence-electron chi connectivity index (χ0n) is 22.2. The maximum Gasteiger partial charge on any atom is 0.259 e. The summed E-state index contributed by atoms with van der Waals surface area (Å²) in [5.41, 5.74) is 3.62. The second-order valence-corrected chi connectivity index (χ2v) is 10.6. The highest BCUT2D eigenvalue weighted by Crippen LogP contribution is 2.32. The van der Waals surface area contributed by atoms with Crippen molar-refractivity contribution in [1.29, 1.82) is 0 Å². The Labute approximate surface area is 230 Å². The average Bonchev–Trinajstić information content (AvgIpc) is 3.35. The highest BCUT2D eigenvalue weighted by molar-refractivity contribution is 6.10. The molecule has 2 saturated heterocycles. The van der Waals surface area contributed by atoms with Gasteiger partial charge in [-0.3, -0.25) is 9.89 Å². The summed E-state index contributed by atoms with van der Waals surface area (Å²) in [6.07, 6.45) is 5.28. The van der Waals surface area contributed by atoms with Crippen molar-refractivity contribution >= 4 is 28.6 Å². The Morgan fingerprint density at radius 1 is 1.05 bits per heavy atom. The molecule has 40 heavy (non-hydrogen) atoms. The van der Waals surface area contributed by atoms with Gasteiger partial charge in [0, 0.05) is 36.6 Å². The van der Waals surface area contributed by atoms with Crippen LogP contribution in [0.5, 0.6) is 0 Å². The number of nitrogens with one attached hydrogen (secondary N) is 3. The minimum Gasteiger partial charge on any atom is -0.381 e. The number of nitrogens with zero attached hydrogens (tertiary/aromatic N) is 4. The molecule has 6 rings (SSSR count). The van der Waals surface area contributed by atoms with Crippen molar-refractivity contribution in [2.75, 3.05) is 44.0 Å². The van der Waals surface area contributed by atoms with E-state index in [1.807, 2.05) is 12.1 Å². The Kier molecular flexibility index (Phi) is 7.40. The number of carbonyl (C=O) groups is 1. The molecule has 11 heteroatoms. The number of carbonyl (C=O) groups excluding carboxylic acids is 1. The van der Waals surface area contributed by atoms with E-state index >= 15 is 0 Å². The number of halogens is 2. The van der Waals surface area contributed by atoms with E-state index < -0.39 is 11.6 Å². The third-order valence-electron chi connectivity index (χ3n) is 7.72. The summed E-state index contributed by atoms with van der Waals surface area (Å²) < 4.78 is 33.1. The number of H-pyrrole nitrogens is 1. The Morgan fingerprint density at radius 2 is 1.80 bits per heavy atom. The molecule has 9 nitrogen and oxygen atoms in total. The second kappa shape index (κ2) is 11.3. The van der Waals surface area contributed by atoms with E-state index in [0.29, 0.717) is 30.3 Å². The van der Waals surface area contributed by atoms with Gasteiger partial charge in [-0.2, -0.15) is 5.10 Å². The Balaban J connectivity index is 1.29. The number of amides is 1. The van der Waals surface area contributed by atoms with Crippen LogP contribution >= 0.6 is 0 Å². The van der Waals surface area contributed by atoms with Gasteiger partial charge in [-0.15, -0.1) is 0 Å². The van der Waals surface area contributed by atoms with E-state index in [4.69, 9.17) is 4.74 Å². The fourth-order valence-corrected chi connectivity index (χ4v) is 5.44. The Morgan fingerprint density at radius 3 is 2.55 bits per heavy atom. The summed E-state index contributed by atoms with van der Waals surface area (Å²) in [6, 6.07) is 9.38. The zero-order valence-corrected chi connectivity index (χ0v) is 22.2. The predicted octanol–water partition coefficient (Wildman–Crippen LogP) is 4.95. The van der Waals surface area contributed by atoms with Gasteiger partial charge in [-0.05, 0) is 81.6 Å². The molecule has 0 spiro atoms. The van der Waals surface area contributed by atoms with Crippen molar-refractivity contribution in [1.82, 2.24) is 25.1 Å². The quantitative estimate of drug-likeness (QED) is 0.314. The summed E-state index contributed by atoms with van der Waals surface area (Å²) in [5.74, 6) is -1.15. The summed E-state index contributed by atoms with van der Waals surface area (Å²) in [5, 5.41) is 13.4. The first kappa shape index (κ1) is 26.3. The molecule has 0 saturated carbocycles. The molecule has 4 aromatic rings. The molecule has 0 radical (unpaired) electrons. The lowest BCUT2D eigenvalue weighted by Crippen LogP contribution is -2.30. The number of benzene rings is 2. The number of rotatable bonds is 6. The Bertz CT molecular complexity index is 1510. The molecular formula is C29H31F2N7O2. The van der Waals surface area contributed by atoms with Gasteiger partial charge in [0.15, 0.2) is 17.0 Å². The lowest BCUT2D eigenvalue weighted by atomic mass is 9.88. The molecular weight excluding hydrogens is 516 g/mol. The number of anilines is 2. The molecule has 0 atom stereocenters. The van der Waals surface area contributed by atoms with Gasteiger partial charge in [0.2, 0.25) is 0 Å². The molecule has 2 aromatic heterocycles. The van der Waals surface area contributed by atoms with Gasteiger partial charge < -0.3 is 20.3 Å². The van der Waals surface area contributed by atoms with Gasteiger partial charge >= 0.3 is 0 Å². The number of hydrogen-bond acceptors (Lipinski definition) is 7. The first-order valence-corrected chi connectivity index (χ1v) is 13.6. The van der Waals surface area contributed by atoms with Crippen LogP contribution in [0.3, 0.4) is 0 Å². The fraction of sp³-hybridized carbons (Fsp3) is 0.379. The van der Waals surface area contributed by atoms with E-state index in [1.165, 1.54) is 23.9 Å². The highest BCUT2D eigenvalue weighted by atomic mass is 19.1. The number of aromatic amines is 1. The molecule has 0 unspecified atom stereocenters. The number of hydrogen-bond donors (Lipinski definition) is 3. The van der Waals surface area contributed by atoms with Crippen molar-refractivity contribution < 1.29 is 18.3 Å². The molecule has 2 aliphatic heterocycles. The number of aromatic nitrogens is 4. The standard InChI is InChI=1S/C29H31F2N7O2/c1-38-8-4-17(5-9-38)18-2-3-23(24(14-18)33-22-6-10-40-11-7-22)29(39)35-28-26-27(36-37-28)32-16-25(34-26)19-12-20(30)15-21(31)13-19/h2-3,12-17,22,33H,4-11H2,1H3,(H2,32,35,36,37,39). The maximum absolute atomic E-state index is 13.8. The van der Waals surface area contributed by atoms with Crippen LogP contribution in [0.25, 0.3) is 22.4 Å². The van der Waals surface area contributed by atoms with E-state index in [2.05, 4.69) is 48.8 Å². The Hall–Kier alpha value is -3.96. The minimum absolute atomic E-state index is 0.183. The van der Waals surface area contributed by atoms with Crippen molar-refractivity contribution in [2.45, 2.75) is 37.6 Å². The van der Waals surface area contributed by atoms with Crippen molar-refractivity contribution in [3.8, 4) is 11.3 Å². The van der Waals surface area contributed by atoms with E-state index in [1.54, 1.807) is 0 Å². The molecule has 2 aliphatic rings. The smallest absolute Gasteiger partial charge is 0.259 e. The molecule has 3 N–H and O–H groups in total. The topological polar surface area (TPSA) is 108 Å². The molecule has 0 aliphatic carbocycles. The highest BCUT2D eigenvalue weighted by Gasteiger charge is 2.24. The summed E-state index contributed by atoms with van der Waals surface area (Å²) in [4.78, 5) is 24.7. The normalized spacial score (nSPS) is 17.3. The van der Waals surface area contributed by atoms with Crippen molar-refractivity contribution in [3.05, 3.63) is 65.4 Å². The fourth-order valence-electron chi connectivity index (χ4n) is 5.44. The third-order valence-corrected chi connectivity index (χ3v) is 7.72. The molecule has 208 valence electrons. The largest absolute Gasteiger partial charge is 0.381 e. The number of ether oxygens (including phenoxy) is 1. The predicted molar refractivity (Wildman–Crippen MR) is 148 cm³/mol. The van der Waals surface area contributed by atoms with Crippen LogP contribution in [-0.4, -0.2) is 70.4 Å². The first-order valence-electron chi connectivity index (χ1n) is 13.6. The van der Waals surface area contributed by atoms with E-state index in [0.717, 1.165) is 50.5 Å². The third kappa shape index (κ3) is 5.66. The average molecular weight is 548 g/mol. The van der Waals surface area contributed by atoms with Crippen LogP contribution in [0.1, 0.15) is 47.5 Å². The number of fused-ring (bicyclic) bond motifs is 1. The van der Waals surface area contributed by atoms with Gasteiger partial charge in [0.25, 0.3) is 5.91 Å². The zero-order chi connectivity index (χ0) is 27.6. The van der Waals surface area contributed by atoms with Crippen molar-refractivity contribution in [3.63, 3.8) is 0 Å². The number of piperidine rings is 1. The van der Waals surface area contributed by atoms with Crippen LogP contribution in [0.2, 0.25) is 0 Å². The minimum atomic E-state index is -0.717. The first-order chi connectivity index (χ1) is 19.4. The molecule has 4 heterocycles. The number of likely N-dealkylation sites (tertiary alicyclic amines) is 1. The monoisotopic (exact) mass is 547 g/mol. The van der Waals surface area contributed by atoms with Crippen LogP contribution < -0.4 is 10.6 Å². The van der Waals surface area contributed by atoms with Gasteiger partial charge in [-0.1, -0.05) is 6.07 Å². The molecule has 2 fully saturated rings. The van der Waals surface area contributed by atoms with Crippen LogP contribution in [-0.2, 0) is 4.74 Å². The van der Waals surface area contributed by atoms with Crippen LogP contribution in [0, 0.1) is 11.6 Å². The molecule has 0 bridgehead atoms. The van der Waals surface area contributed by atoms with Gasteiger partial charge in [0.05, 0.1) is 17.5 Å². The van der Waals surface area contributed by atoms with Crippen LogP contribution in [0.4, 0.5) is 20.3 Å². The van der Waals surface area contributed by atoms with Gasteiger partial charge in [0.1, 0.15) is 11.6 Å². The van der Waals surface area contributed by atoms with Crippen molar-refractivity contribution in [2.24, 2.45) is 0 Å². The SMILES string of the molecule is CN1CCC(c2ccc(C(=O)Nc3n[nH]c4ncc(-c5cc(F)cc(F)c5)nc34)c(NC3CCOCC3)c2)CC1. The van der Waals surface area contributed by atoms with Crippen LogP contribution in [0.15, 0.2) is 42.6 Å². The maximum atomic E-state index is 13.8.